The first kappa shape index (κ1) is 12.3. The SMILES string of the molecule is CC1(C(=O)c2cccc3cnccc23)CCNCC1. The van der Waals surface area contributed by atoms with Gasteiger partial charge in [0, 0.05) is 28.8 Å². The van der Waals surface area contributed by atoms with Crippen LogP contribution in [0.4, 0.5) is 0 Å². The molecule has 98 valence electrons. The molecule has 1 aliphatic rings. The number of carbonyl (C=O) groups is 1. The molecule has 1 N–H and O–H groups in total. The van der Waals surface area contributed by atoms with Gasteiger partial charge in [-0.15, -0.1) is 0 Å². The molecule has 3 heteroatoms. The highest BCUT2D eigenvalue weighted by Gasteiger charge is 2.35. The fraction of sp³-hybridized carbons (Fsp3) is 0.375. The summed E-state index contributed by atoms with van der Waals surface area (Å²) in [6.45, 7) is 3.94. The molecular formula is C16H18N2O. The van der Waals surface area contributed by atoms with Crippen molar-refractivity contribution < 1.29 is 4.79 Å². The second-order valence-electron chi connectivity index (χ2n) is 5.54. The van der Waals surface area contributed by atoms with Gasteiger partial charge in [0.2, 0.25) is 0 Å². The molecule has 2 aromatic rings. The molecule has 1 fully saturated rings. The Kier molecular flexibility index (Phi) is 3.07. The van der Waals surface area contributed by atoms with E-state index in [1.165, 1.54) is 0 Å². The summed E-state index contributed by atoms with van der Waals surface area (Å²) in [5.74, 6) is 0.269. The largest absolute Gasteiger partial charge is 0.317 e. The van der Waals surface area contributed by atoms with Crippen LogP contribution in [0, 0.1) is 5.41 Å². The Morgan fingerprint density at radius 1 is 1.26 bits per heavy atom. The lowest BCUT2D eigenvalue weighted by Gasteiger charge is -2.32. The maximum Gasteiger partial charge on any atom is 0.169 e. The number of rotatable bonds is 2. The molecule has 0 atom stereocenters. The lowest BCUT2D eigenvalue weighted by Crippen LogP contribution is -2.40. The highest BCUT2D eigenvalue weighted by molar-refractivity contribution is 6.10. The van der Waals surface area contributed by atoms with E-state index in [9.17, 15) is 4.79 Å². The number of ketones is 1. The van der Waals surface area contributed by atoms with Crippen LogP contribution in [0.25, 0.3) is 10.8 Å². The molecule has 0 unspecified atom stereocenters. The molecule has 1 aromatic heterocycles. The molecule has 0 spiro atoms. The van der Waals surface area contributed by atoms with Crippen molar-refractivity contribution in [1.82, 2.24) is 10.3 Å². The summed E-state index contributed by atoms with van der Waals surface area (Å²) < 4.78 is 0. The van der Waals surface area contributed by atoms with Crippen LogP contribution >= 0.6 is 0 Å². The van der Waals surface area contributed by atoms with Crippen molar-refractivity contribution in [2.24, 2.45) is 5.41 Å². The van der Waals surface area contributed by atoms with Gasteiger partial charge >= 0.3 is 0 Å². The van der Waals surface area contributed by atoms with Gasteiger partial charge in [0.25, 0.3) is 0 Å². The monoisotopic (exact) mass is 254 g/mol. The summed E-state index contributed by atoms with van der Waals surface area (Å²) in [6, 6.07) is 7.83. The predicted octanol–water partition coefficient (Wildman–Crippen LogP) is 2.81. The minimum Gasteiger partial charge on any atom is -0.317 e. The molecule has 3 rings (SSSR count). The van der Waals surface area contributed by atoms with E-state index in [1.54, 1.807) is 6.20 Å². The van der Waals surface area contributed by atoms with Crippen molar-refractivity contribution in [3.63, 3.8) is 0 Å². The minimum atomic E-state index is -0.233. The first-order valence-corrected chi connectivity index (χ1v) is 6.79. The molecular weight excluding hydrogens is 236 g/mol. The summed E-state index contributed by atoms with van der Waals surface area (Å²) in [5.41, 5.74) is 0.604. The Balaban J connectivity index is 2.06. The molecule has 0 bridgehead atoms. The van der Waals surface area contributed by atoms with Crippen molar-refractivity contribution in [2.75, 3.05) is 13.1 Å². The number of hydrogen-bond acceptors (Lipinski definition) is 3. The number of pyridine rings is 1. The second-order valence-corrected chi connectivity index (χ2v) is 5.54. The second kappa shape index (κ2) is 4.74. The zero-order valence-corrected chi connectivity index (χ0v) is 11.1. The molecule has 0 saturated carbocycles. The molecule has 3 nitrogen and oxygen atoms in total. The first-order valence-electron chi connectivity index (χ1n) is 6.79. The van der Waals surface area contributed by atoms with Crippen molar-refractivity contribution in [2.45, 2.75) is 19.8 Å². The fourth-order valence-electron chi connectivity index (χ4n) is 2.85. The standard InChI is InChI=1S/C16H18N2O/c1-16(6-9-17-10-7-16)15(19)14-4-2-3-12-11-18-8-5-13(12)14/h2-5,8,11,17H,6-7,9-10H2,1H3. The van der Waals surface area contributed by atoms with E-state index in [2.05, 4.69) is 17.2 Å². The van der Waals surface area contributed by atoms with Crippen LogP contribution < -0.4 is 5.32 Å². The molecule has 19 heavy (non-hydrogen) atoms. The van der Waals surface area contributed by atoms with E-state index in [1.807, 2.05) is 30.5 Å². The van der Waals surface area contributed by atoms with Crippen LogP contribution in [0.15, 0.2) is 36.7 Å². The van der Waals surface area contributed by atoms with Gasteiger partial charge in [-0.25, -0.2) is 0 Å². The molecule has 1 aliphatic heterocycles. The Hall–Kier alpha value is -1.74. The quantitative estimate of drug-likeness (QED) is 0.838. The number of carbonyl (C=O) groups excluding carboxylic acids is 1. The van der Waals surface area contributed by atoms with E-state index in [4.69, 9.17) is 0 Å². The summed E-state index contributed by atoms with van der Waals surface area (Å²) in [6.07, 6.45) is 5.39. The molecule has 1 aromatic carbocycles. The topological polar surface area (TPSA) is 42.0 Å². The Bertz CT molecular complexity index is 610. The van der Waals surface area contributed by atoms with Crippen LogP contribution in [-0.4, -0.2) is 23.9 Å². The van der Waals surface area contributed by atoms with Crippen LogP contribution in [0.1, 0.15) is 30.1 Å². The highest BCUT2D eigenvalue weighted by Crippen LogP contribution is 2.34. The number of piperidine rings is 1. The Labute approximate surface area is 113 Å². The third kappa shape index (κ3) is 2.15. The van der Waals surface area contributed by atoms with Gasteiger partial charge < -0.3 is 5.32 Å². The average Bonchev–Trinajstić information content (AvgIpc) is 2.47. The van der Waals surface area contributed by atoms with E-state index in [0.29, 0.717) is 0 Å². The minimum absolute atomic E-state index is 0.233. The van der Waals surface area contributed by atoms with Gasteiger partial charge in [-0.2, -0.15) is 0 Å². The Morgan fingerprint density at radius 3 is 2.84 bits per heavy atom. The van der Waals surface area contributed by atoms with Crippen molar-refractivity contribution in [1.29, 1.82) is 0 Å². The van der Waals surface area contributed by atoms with E-state index < -0.39 is 0 Å². The maximum absolute atomic E-state index is 12.9. The lowest BCUT2D eigenvalue weighted by molar-refractivity contribution is 0.0764. The van der Waals surface area contributed by atoms with Gasteiger partial charge in [-0.1, -0.05) is 25.1 Å². The number of Topliss-reactive ketones (excluding diaryl/α,β-unsaturated/α-hetero) is 1. The van der Waals surface area contributed by atoms with E-state index >= 15 is 0 Å². The van der Waals surface area contributed by atoms with Crippen LogP contribution in [-0.2, 0) is 0 Å². The lowest BCUT2D eigenvalue weighted by atomic mass is 9.74. The third-order valence-electron chi connectivity index (χ3n) is 4.18. The molecule has 1 saturated heterocycles. The third-order valence-corrected chi connectivity index (χ3v) is 4.18. The van der Waals surface area contributed by atoms with Gasteiger partial charge in [-0.05, 0) is 37.4 Å². The normalized spacial score (nSPS) is 18.4. The van der Waals surface area contributed by atoms with Gasteiger partial charge in [0.1, 0.15) is 0 Å². The number of benzene rings is 1. The van der Waals surface area contributed by atoms with E-state index in [-0.39, 0.29) is 11.2 Å². The number of aromatic nitrogens is 1. The van der Waals surface area contributed by atoms with Crippen LogP contribution in [0.2, 0.25) is 0 Å². The van der Waals surface area contributed by atoms with Gasteiger partial charge in [0.15, 0.2) is 5.78 Å². The summed E-state index contributed by atoms with van der Waals surface area (Å²) in [4.78, 5) is 17.0. The smallest absolute Gasteiger partial charge is 0.169 e. The summed E-state index contributed by atoms with van der Waals surface area (Å²) >= 11 is 0. The first-order chi connectivity index (χ1) is 9.21. The number of nitrogens with one attached hydrogen (secondary N) is 1. The predicted molar refractivity (Wildman–Crippen MR) is 76.3 cm³/mol. The number of hydrogen-bond donors (Lipinski definition) is 1. The van der Waals surface area contributed by atoms with Gasteiger partial charge in [0.05, 0.1) is 0 Å². The number of nitrogens with zero attached hydrogens (tertiary/aromatic N) is 1. The highest BCUT2D eigenvalue weighted by atomic mass is 16.1. The summed E-state index contributed by atoms with van der Waals surface area (Å²) in [5, 5.41) is 5.37. The Morgan fingerprint density at radius 2 is 2.05 bits per heavy atom. The molecule has 0 aliphatic carbocycles. The fourth-order valence-corrected chi connectivity index (χ4v) is 2.85. The van der Waals surface area contributed by atoms with Crippen LogP contribution in [0.5, 0.6) is 0 Å². The maximum atomic E-state index is 12.9. The van der Waals surface area contributed by atoms with Crippen molar-refractivity contribution in [3.05, 3.63) is 42.2 Å². The average molecular weight is 254 g/mol. The molecule has 0 amide bonds. The molecule has 2 heterocycles. The van der Waals surface area contributed by atoms with Crippen molar-refractivity contribution >= 4 is 16.6 Å². The van der Waals surface area contributed by atoms with Crippen molar-refractivity contribution in [3.8, 4) is 0 Å². The van der Waals surface area contributed by atoms with Gasteiger partial charge in [-0.3, -0.25) is 9.78 Å². The molecule has 0 radical (unpaired) electrons. The zero-order valence-electron chi connectivity index (χ0n) is 11.1. The van der Waals surface area contributed by atoms with Crippen LogP contribution in [0.3, 0.4) is 0 Å². The van der Waals surface area contributed by atoms with E-state index in [0.717, 1.165) is 42.3 Å². The summed E-state index contributed by atoms with van der Waals surface area (Å²) in [7, 11) is 0. The zero-order chi connectivity index (χ0) is 13.3. The number of fused-ring (bicyclic) bond motifs is 1.